The number of benzene rings is 8. The Balaban J connectivity index is 0.953. The van der Waals surface area contributed by atoms with Gasteiger partial charge in [0.05, 0.1) is 11.0 Å². The van der Waals surface area contributed by atoms with Crippen molar-refractivity contribution in [3.8, 4) is 22.3 Å². The Hall–Kier alpha value is -6.42. The lowest BCUT2D eigenvalue weighted by atomic mass is 9.84. The van der Waals surface area contributed by atoms with Crippen LogP contribution in [-0.4, -0.2) is 9.97 Å². The van der Waals surface area contributed by atoms with Crippen molar-refractivity contribution in [2.45, 2.75) is 12.3 Å². The van der Waals surface area contributed by atoms with Crippen LogP contribution in [0, 0.1) is 0 Å². The third kappa shape index (κ3) is 4.85. The summed E-state index contributed by atoms with van der Waals surface area (Å²) in [6.07, 6.45) is 11.8. The molecule has 0 bridgehead atoms. The van der Waals surface area contributed by atoms with Crippen LogP contribution in [0.25, 0.3) is 91.3 Å². The average Bonchev–Trinajstić information content (AvgIpc) is 3.62. The van der Waals surface area contributed by atoms with Crippen molar-refractivity contribution in [3.63, 3.8) is 0 Å². The molecule has 0 aliphatic heterocycles. The molecule has 0 amide bonds. The first kappa shape index (κ1) is 30.2. The SMILES string of the molecule is C1=CC(c2cccc3c(-c4cccc(-c5ccc6c7ccccc7c7nccnc7c6c5)c4)cccc23)CC=C1c1cccc2c1sc1ccccc12. The summed E-state index contributed by atoms with van der Waals surface area (Å²) in [5, 5.41) is 9.96. The van der Waals surface area contributed by atoms with Crippen LogP contribution in [0.3, 0.4) is 0 Å². The average molecular weight is 693 g/mol. The minimum Gasteiger partial charge on any atom is -0.252 e. The van der Waals surface area contributed by atoms with Crippen molar-refractivity contribution in [1.82, 2.24) is 9.97 Å². The predicted molar refractivity (Wildman–Crippen MR) is 227 cm³/mol. The molecule has 248 valence electrons. The van der Waals surface area contributed by atoms with E-state index in [0.29, 0.717) is 5.92 Å². The Morgan fingerprint density at radius 1 is 0.472 bits per heavy atom. The molecule has 11 rings (SSSR count). The van der Waals surface area contributed by atoms with Gasteiger partial charge in [-0.1, -0.05) is 146 Å². The first-order valence-corrected chi connectivity index (χ1v) is 19.1. The van der Waals surface area contributed by atoms with Gasteiger partial charge < -0.3 is 0 Å². The van der Waals surface area contributed by atoms with Crippen molar-refractivity contribution in [1.29, 1.82) is 0 Å². The topological polar surface area (TPSA) is 25.8 Å². The Bertz CT molecular complexity index is 3130. The Morgan fingerprint density at radius 2 is 1.13 bits per heavy atom. The molecule has 1 unspecified atom stereocenters. The summed E-state index contributed by atoms with van der Waals surface area (Å²) in [6.45, 7) is 0. The van der Waals surface area contributed by atoms with Gasteiger partial charge in [-0.15, -0.1) is 11.3 Å². The summed E-state index contributed by atoms with van der Waals surface area (Å²) in [6, 6.07) is 53.4. The number of aromatic nitrogens is 2. The molecular formula is C50H32N2S. The number of hydrogen-bond acceptors (Lipinski definition) is 3. The quantitative estimate of drug-likeness (QED) is 0.172. The van der Waals surface area contributed by atoms with E-state index in [1.807, 2.05) is 11.3 Å². The van der Waals surface area contributed by atoms with E-state index in [4.69, 9.17) is 9.97 Å². The van der Waals surface area contributed by atoms with Crippen LogP contribution in [0.4, 0.5) is 0 Å². The van der Waals surface area contributed by atoms with Crippen LogP contribution >= 0.6 is 11.3 Å². The molecule has 0 saturated heterocycles. The highest BCUT2D eigenvalue weighted by atomic mass is 32.1. The maximum atomic E-state index is 4.81. The van der Waals surface area contributed by atoms with Gasteiger partial charge in [-0.05, 0) is 85.1 Å². The van der Waals surface area contributed by atoms with E-state index < -0.39 is 0 Å². The Morgan fingerprint density at radius 3 is 2.00 bits per heavy atom. The lowest BCUT2D eigenvalue weighted by Crippen LogP contribution is -2.00. The molecule has 2 aromatic heterocycles. The molecule has 2 nitrogen and oxygen atoms in total. The third-order valence-electron chi connectivity index (χ3n) is 11.1. The predicted octanol–water partition coefficient (Wildman–Crippen LogP) is 13.9. The zero-order valence-electron chi connectivity index (χ0n) is 28.8. The van der Waals surface area contributed by atoms with Crippen LogP contribution in [0.15, 0.2) is 176 Å². The number of fused-ring (bicyclic) bond motifs is 10. The molecule has 0 radical (unpaired) electrons. The smallest absolute Gasteiger partial charge is 0.0971 e. The largest absolute Gasteiger partial charge is 0.252 e. The van der Waals surface area contributed by atoms with Gasteiger partial charge in [-0.3, -0.25) is 9.97 Å². The molecule has 0 spiro atoms. The Kier molecular flexibility index (Phi) is 6.89. The molecule has 2 heterocycles. The van der Waals surface area contributed by atoms with Crippen LogP contribution in [0.2, 0.25) is 0 Å². The highest BCUT2D eigenvalue weighted by molar-refractivity contribution is 7.26. The van der Waals surface area contributed by atoms with Crippen molar-refractivity contribution < 1.29 is 0 Å². The molecule has 1 aliphatic rings. The molecule has 1 atom stereocenters. The van der Waals surface area contributed by atoms with E-state index >= 15 is 0 Å². The lowest BCUT2D eigenvalue weighted by Gasteiger charge is -2.20. The Labute approximate surface area is 311 Å². The third-order valence-corrected chi connectivity index (χ3v) is 12.3. The van der Waals surface area contributed by atoms with Crippen LogP contribution in [-0.2, 0) is 0 Å². The maximum Gasteiger partial charge on any atom is 0.0971 e. The molecule has 0 N–H and O–H groups in total. The second-order valence-corrected chi connectivity index (χ2v) is 15.1. The molecule has 8 aromatic carbocycles. The van der Waals surface area contributed by atoms with Crippen LogP contribution in [0.5, 0.6) is 0 Å². The van der Waals surface area contributed by atoms with Gasteiger partial charge in [0, 0.05) is 49.3 Å². The number of nitrogens with zero attached hydrogens (tertiary/aromatic N) is 2. The fourth-order valence-electron chi connectivity index (χ4n) is 8.61. The molecule has 10 aromatic rings. The lowest BCUT2D eigenvalue weighted by molar-refractivity contribution is 0.865. The highest BCUT2D eigenvalue weighted by Gasteiger charge is 2.18. The van der Waals surface area contributed by atoms with Gasteiger partial charge in [0.15, 0.2) is 0 Å². The zero-order valence-corrected chi connectivity index (χ0v) is 29.6. The summed E-state index contributed by atoms with van der Waals surface area (Å²) in [5.41, 5.74) is 10.7. The van der Waals surface area contributed by atoms with Gasteiger partial charge in [-0.25, -0.2) is 0 Å². The minimum absolute atomic E-state index is 0.317. The second-order valence-electron chi connectivity index (χ2n) is 14.0. The van der Waals surface area contributed by atoms with E-state index in [1.54, 1.807) is 12.4 Å². The van der Waals surface area contributed by atoms with Gasteiger partial charge in [0.2, 0.25) is 0 Å². The number of thiophene rings is 1. The first-order valence-electron chi connectivity index (χ1n) is 18.3. The molecule has 3 heteroatoms. The van der Waals surface area contributed by atoms with Gasteiger partial charge in [-0.2, -0.15) is 0 Å². The summed E-state index contributed by atoms with van der Waals surface area (Å²) in [7, 11) is 0. The highest BCUT2D eigenvalue weighted by Crippen LogP contribution is 2.42. The molecular weight excluding hydrogens is 661 g/mol. The van der Waals surface area contributed by atoms with E-state index in [9.17, 15) is 0 Å². The second kappa shape index (κ2) is 12.1. The van der Waals surface area contributed by atoms with Crippen LogP contribution < -0.4 is 0 Å². The number of hydrogen-bond donors (Lipinski definition) is 0. The normalized spacial score (nSPS) is 14.6. The summed E-state index contributed by atoms with van der Waals surface area (Å²) in [5.74, 6) is 0.317. The molecule has 0 saturated carbocycles. The van der Waals surface area contributed by atoms with Crippen molar-refractivity contribution >= 4 is 80.4 Å². The number of allylic oxidation sites excluding steroid dienone is 4. The van der Waals surface area contributed by atoms with Gasteiger partial charge in [0.1, 0.15) is 0 Å². The van der Waals surface area contributed by atoms with Crippen molar-refractivity contribution in [2.75, 3.05) is 0 Å². The maximum absolute atomic E-state index is 4.81. The summed E-state index contributed by atoms with van der Waals surface area (Å²) in [4.78, 5) is 9.56. The van der Waals surface area contributed by atoms with Gasteiger partial charge in [0.25, 0.3) is 0 Å². The van der Waals surface area contributed by atoms with E-state index in [1.165, 1.54) is 80.7 Å². The van der Waals surface area contributed by atoms with Gasteiger partial charge >= 0.3 is 0 Å². The first-order chi connectivity index (χ1) is 26.3. The van der Waals surface area contributed by atoms with E-state index in [2.05, 4.69) is 164 Å². The van der Waals surface area contributed by atoms with Crippen molar-refractivity contribution in [3.05, 3.63) is 187 Å². The summed E-state index contributed by atoms with van der Waals surface area (Å²) < 4.78 is 2.72. The standard InChI is InChI=1S/C50H32N2S/c1-2-13-44-41(11-1)42-26-25-34(30-46(42)49-48(44)51-27-28-52-49)33-9-5-10-35(29-33)37-15-7-17-39-36(14-6-18-40(37)39)31-21-23-32(24-22-31)38-16-8-19-45-43-12-3-4-20-47(43)53-50(38)45/h1-21,23-31H,22H2. The minimum atomic E-state index is 0.317. The molecule has 53 heavy (non-hydrogen) atoms. The fourth-order valence-corrected chi connectivity index (χ4v) is 9.85. The molecule has 1 aliphatic carbocycles. The number of rotatable bonds is 4. The van der Waals surface area contributed by atoms with E-state index in [-0.39, 0.29) is 0 Å². The van der Waals surface area contributed by atoms with E-state index in [0.717, 1.165) is 28.2 Å². The zero-order chi connectivity index (χ0) is 34.9. The molecule has 0 fully saturated rings. The van der Waals surface area contributed by atoms with Crippen LogP contribution in [0.1, 0.15) is 23.5 Å². The summed E-state index contributed by atoms with van der Waals surface area (Å²) >= 11 is 1.90. The van der Waals surface area contributed by atoms with Crippen molar-refractivity contribution in [2.24, 2.45) is 0 Å². The fraction of sp³-hybridized carbons (Fsp3) is 0.0400. The monoisotopic (exact) mass is 692 g/mol.